The zero-order chi connectivity index (χ0) is 26.2. The third-order valence-electron chi connectivity index (χ3n) is 6.00. The van der Waals surface area contributed by atoms with E-state index in [1.807, 2.05) is 30.3 Å². The zero-order valence-corrected chi connectivity index (χ0v) is 19.4. The summed E-state index contributed by atoms with van der Waals surface area (Å²) in [5.74, 6) is -0.0439. The van der Waals surface area contributed by atoms with Crippen LogP contribution in [0.2, 0.25) is 0 Å². The minimum atomic E-state index is -4.63. The largest absolute Gasteiger partial charge is 0.434 e. The van der Waals surface area contributed by atoms with Crippen molar-refractivity contribution < 1.29 is 18.3 Å². The number of azo groups is 1. The van der Waals surface area contributed by atoms with E-state index in [2.05, 4.69) is 30.6 Å². The molecule has 5 rings (SSSR count). The summed E-state index contributed by atoms with van der Waals surface area (Å²) in [5, 5.41) is 26.1. The summed E-state index contributed by atoms with van der Waals surface area (Å²) in [6, 6.07) is 14.3. The van der Waals surface area contributed by atoms with Gasteiger partial charge in [-0.2, -0.15) is 28.5 Å². The van der Waals surface area contributed by atoms with Crippen LogP contribution in [-0.4, -0.2) is 24.9 Å². The Morgan fingerprint density at radius 2 is 1.86 bits per heavy atom. The average molecular weight is 507 g/mol. The number of hydrogen-bond acceptors (Lipinski definition) is 8. The fraction of sp³-hybridized carbons (Fsp3) is 0.200. The van der Waals surface area contributed by atoms with E-state index < -0.39 is 23.5 Å². The number of rotatable bonds is 5. The molecular formula is C25H20F3N7O2. The lowest BCUT2D eigenvalue weighted by Crippen LogP contribution is -2.23. The molecule has 0 saturated carbocycles. The van der Waals surface area contributed by atoms with Crippen LogP contribution in [0.3, 0.4) is 0 Å². The second-order valence-corrected chi connectivity index (χ2v) is 8.33. The molecule has 4 aromatic rings. The Bertz CT molecular complexity index is 1550. The maximum absolute atomic E-state index is 12.8. The van der Waals surface area contributed by atoms with E-state index in [0.29, 0.717) is 29.6 Å². The molecule has 3 heterocycles. The van der Waals surface area contributed by atoms with Crippen LogP contribution in [0.15, 0.2) is 75.9 Å². The molecule has 2 aromatic carbocycles. The lowest BCUT2D eigenvalue weighted by molar-refractivity contribution is -0.141. The van der Waals surface area contributed by atoms with Crippen molar-refractivity contribution in [3.8, 4) is 11.3 Å². The molecule has 0 amide bonds. The lowest BCUT2D eigenvalue weighted by Gasteiger charge is -2.23. The summed E-state index contributed by atoms with van der Waals surface area (Å²) in [7, 11) is 1.45. The van der Waals surface area contributed by atoms with Gasteiger partial charge >= 0.3 is 6.18 Å². The SMILES string of the molecule is Cn1nc(-c2cccc(C3N=NCc4ccccc43)c2CO)cc(Nc2cnc(C(F)(F)F)cn2)c1=O. The molecule has 37 heavy (non-hydrogen) atoms. The summed E-state index contributed by atoms with van der Waals surface area (Å²) in [6.07, 6.45) is -3.15. The molecule has 1 atom stereocenters. The number of anilines is 2. The van der Waals surface area contributed by atoms with Gasteiger partial charge in [-0.1, -0.05) is 42.5 Å². The summed E-state index contributed by atoms with van der Waals surface area (Å²) >= 11 is 0. The van der Waals surface area contributed by atoms with Gasteiger partial charge in [0.2, 0.25) is 0 Å². The second-order valence-electron chi connectivity index (χ2n) is 8.33. The van der Waals surface area contributed by atoms with Gasteiger partial charge in [0, 0.05) is 12.6 Å². The van der Waals surface area contributed by atoms with Crippen LogP contribution in [0.4, 0.5) is 24.7 Å². The second kappa shape index (κ2) is 9.54. The third-order valence-corrected chi connectivity index (χ3v) is 6.00. The highest BCUT2D eigenvalue weighted by molar-refractivity contribution is 5.70. The van der Waals surface area contributed by atoms with Crippen LogP contribution >= 0.6 is 0 Å². The van der Waals surface area contributed by atoms with Crippen molar-refractivity contribution in [2.24, 2.45) is 17.3 Å². The number of nitrogens with zero attached hydrogens (tertiary/aromatic N) is 6. The van der Waals surface area contributed by atoms with Crippen LogP contribution in [0, 0.1) is 0 Å². The summed E-state index contributed by atoms with van der Waals surface area (Å²) < 4.78 is 39.5. The predicted molar refractivity (Wildman–Crippen MR) is 128 cm³/mol. The lowest BCUT2D eigenvalue weighted by atomic mass is 9.88. The number of nitrogens with one attached hydrogen (secondary N) is 1. The van der Waals surface area contributed by atoms with E-state index in [9.17, 15) is 23.1 Å². The van der Waals surface area contributed by atoms with E-state index in [0.717, 1.165) is 27.6 Å². The molecule has 2 N–H and O–H groups in total. The first-order valence-electron chi connectivity index (χ1n) is 11.2. The molecule has 1 aliphatic rings. The number of alkyl halides is 3. The van der Waals surface area contributed by atoms with E-state index >= 15 is 0 Å². The first-order chi connectivity index (χ1) is 17.8. The van der Waals surface area contributed by atoms with Crippen molar-refractivity contribution in [2.75, 3.05) is 5.32 Å². The van der Waals surface area contributed by atoms with Crippen LogP contribution in [0.25, 0.3) is 11.3 Å². The van der Waals surface area contributed by atoms with Gasteiger partial charge in [-0.3, -0.25) is 4.79 Å². The van der Waals surface area contributed by atoms with E-state index in [1.165, 1.54) is 13.1 Å². The van der Waals surface area contributed by atoms with Gasteiger partial charge in [-0.05, 0) is 28.3 Å². The van der Waals surface area contributed by atoms with Gasteiger partial charge in [-0.25, -0.2) is 14.6 Å². The monoisotopic (exact) mass is 507 g/mol. The zero-order valence-electron chi connectivity index (χ0n) is 19.4. The summed E-state index contributed by atoms with van der Waals surface area (Å²) in [5.41, 5.74) is 2.62. The van der Waals surface area contributed by atoms with Crippen molar-refractivity contribution in [1.29, 1.82) is 0 Å². The molecule has 12 heteroatoms. The number of benzene rings is 2. The highest BCUT2D eigenvalue weighted by Gasteiger charge is 2.32. The average Bonchev–Trinajstić information content (AvgIpc) is 2.90. The Morgan fingerprint density at radius 1 is 1.08 bits per heavy atom. The van der Waals surface area contributed by atoms with Gasteiger partial charge in [0.25, 0.3) is 5.56 Å². The Balaban J connectivity index is 1.55. The van der Waals surface area contributed by atoms with Gasteiger partial charge in [0.1, 0.15) is 17.5 Å². The van der Waals surface area contributed by atoms with Crippen LogP contribution in [0.1, 0.15) is 34.0 Å². The van der Waals surface area contributed by atoms with E-state index in [1.54, 1.807) is 12.1 Å². The first-order valence-corrected chi connectivity index (χ1v) is 11.2. The smallest absolute Gasteiger partial charge is 0.392 e. The molecule has 0 saturated heterocycles. The van der Waals surface area contributed by atoms with Crippen molar-refractivity contribution in [3.63, 3.8) is 0 Å². The van der Waals surface area contributed by atoms with Gasteiger partial charge in [-0.15, -0.1) is 0 Å². The first kappa shape index (κ1) is 24.3. The Morgan fingerprint density at radius 3 is 2.59 bits per heavy atom. The highest BCUT2D eigenvalue weighted by atomic mass is 19.4. The van der Waals surface area contributed by atoms with Crippen LogP contribution in [-0.2, 0) is 26.4 Å². The molecular weight excluding hydrogens is 487 g/mol. The Kier molecular flexibility index (Phi) is 6.25. The quantitative estimate of drug-likeness (QED) is 0.409. The van der Waals surface area contributed by atoms with Gasteiger partial charge in [0.05, 0.1) is 31.2 Å². The van der Waals surface area contributed by atoms with Crippen molar-refractivity contribution in [2.45, 2.75) is 25.4 Å². The van der Waals surface area contributed by atoms with E-state index in [4.69, 9.17) is 0 Å². The molecule has 0 spiro atoms. The molecule has 1 unspecified atom stereocenters. The number of aliphatic hydroxyl groups is 1. The maximum atomic E-state index is 12.8. The molecule has 0 aliphatic carbocycles. The molecule has 1 aliphatic heterocycles. The number of aromatic nitrogens is 4. The van der Waals surface area contributed by atoms with Gasteiger partial charge < -0.3 is 10.4 Å². The summed E-state index contributed by atoms with van der Waals surface area (Å²) in [4.78, 5) is 19.8. The number of aliphatic hydroxyl groups excluding tert-OH is 1. The molecule has 2 aromatic heterocycles. The molecule has 0 bridgehead atoms. The highest BCUT2D eigenvalue weighted by Crippen LogP contribution is 2.38. The number of aryl methyl sites for hydroxylation is 1. The van der Waals surface area contributed by atoms with Crippen molar-refractivity contribution in [3.05, 3.63) is 99.2 Å². The van der Waals surface area contributed by atoms with Crippen LogP contribution in [0.5, 0.6) is 0 Å². The van der Waals surface area contributed by atoms with Crippen molar-refractivity contribution >= 4 is 11.5 Å². The fourth-order valence-electron chi connectivity index (χ4n) is 4.22. The normalized spacial score (nSPS) is 14.9. The van der Waals surface area contributed by atoms with Crippen LogP contribution < -0.4 is 10.9 Å². The summed E-state index contributed by atoms with van der Waals surface area (Å²) in [6.45, 7) is 0.155. The molecule has 0 radical (unpaired) electrons. The number of fused-ring (bicyclic) bond motifs is 1. The number of halogens is 3. The van der Waals surface area contributed by atoms with Crippen molar-refractivity contribution in [1.82, 2.24) is 19.7 Å². The minimum Gasteiger partial charge on any atom is -0.392 e. The molecule has 0 fully saturated rings. The third kappa shape index (κ3) is 4.70. The number of hydrogen-bond donors (Lipinski definition) is 2. The minimum absolute atomic E-state index is 0.0264. The molecule has 9 nitrogen and oxygen atoms in total. The molecule has 188 valence electrons. The predicted octanol–water partition coefficient (Wildman–Crippen LogP) is 4.55. The Labute approximate surface area is 208 Å². The topological polar surface area (TPSA) is 118 Å². The van der Waals surface area contributed by atoms with Gasteiger partial charge in [0.15, 0.2) is 5.69 Å². The fourth-order valence-corrected chi connectivity index (χ4v) is 4.22. The Hall–Kier alpha value is -4.45. The maximum Gasteiger partial charge on any atom is 0.434 e. The van der Waals surface area contributed by atoms with E-state index in [-0.39, 0.29) is 18.1 Å². The standard InChI is InChI=1S/C25H20F3N7O2/c1-35-24(37)20(32-22-12-29-21(11-30-22)25(26,27)28)9-19(34-35)16-7-4-8-17(18(16)13-36)23-15-6-3-2-5-14(15)10-31-33-23/h2-9,11-12,23,36H,10,13H2,1H3,(H,30,32).